The molecule has 0 spiro atoms. The zero-order chi connectivity index (χ0) is 33.6. The van der Waals surface area contributed by atoms with Gasteiger partial charge in [-0.25, -0.2) is 0 Å². The quantitative estimate of drug-likeness (QED) is 0.127. The standard InChI is InChI=1S/C39H49BO6Si/c1-27(2)47(28(3)4,35-22-12-29(25-41)13-23-35)46-36-24-38(40)45-37(36)26-44-39(30-10-8-7-9-11-30,31-14-18-33(42-5)19-15-31)32-16-20-34(43-6)21-17-32/h7-23,27-28,36-38,41H,24-26,40H2,1-6H3/t36?,37-,38-/m1/s1. The predicted octanol–water partition coefficient (Wildman–Crippen LogP) is 6.31. The molecule has 1 N–H and O–H groups in total. The van der Waals surface area contributed by atoms with Gasteiger partial charge in [-0.1, -0.05) is 107 Å². The summed E-state index contributed by atoms with van der Waals surface area (Å²) in [6, 6.07) is 35.0. The van der Waals surface area contributed by atoms with Gasteiger partial charge in [0.2, 0.25) is 8.32 Å². The molecule has 4 aromatic rings. The first-order valence-corrected chi connectivity index (χ1v) is 18.8. The molecule has 0 bridgehead atoms. The molecule has 0 aromatic heterocycles. The van der Waals surface area contributed by atoms with Crippen molar-refractivity contribution >= 4 is 21.4 Å². The zero-order valence-corrected chi connectivity index (χ0v) is 29.8. The summed E-state index contributed by atoms with van der Waals surface area (Å²) in [5.74, 6) is 1.56. The van der Waals surface area contributed by atoms with Gasteiger partial charge < -0.3 is 28.5 Å². The van der Waals surface area contributed by atoms with Crippen molar-refractivity contribution < 1.29 is 28.5 Å². The lowest BCUT2D eigenvalue weighted by atomic mass is 9.80. The topological polar surface area (TPSA) is 66.4 Å². The van der Waals surface area contributed by atoms with Gasteiger partial charge in [0.25, 0.3) is 0 Å². The Kier molecular flexibility index (Phi) is 11.3. The zero-order valence-electron chi connectivity index (χ0n) is 28.8. The van der Waals surface area contributed by atoms with Gasteiger partial charge in [0.1, 0.15) is 31.1 Å². The van der Waals surface area contributed by atoms with Gasteiger partial charge in [-0.3, -0.25) is 0 Å². The van der Waals surface area contributed by atoms with Gasteiger partial charge in [0, 0.05) is 6.00 Å². The maximum atomic E-state index is 9.70. The van der Waals surface area contributed by atoms with Crippen LogP contribution in [0.5, 0.6) is 11.5 Å². The lowest BCUT2D eigenvalue weighted by Crippen LogP contribution is -2.59. The van der Waals surface area contributed by atoms with Crippen LogP contribution >= 0.6 is 0 Å². The number of ether oxygens (including phenoxy) is 4. The van der Waals surface area contributed by atoms with E-state index in [2.05, 4.69) is 84.1 Å². The molecule has 6 nitrogen and oxygen atoms in total. The Labute approximate surface area is 282 Å². The van der Waals surface area contributed by atoms with Gasteiger partial charge in [-0.05, 0) is 69.2 Å². The Balaban J connectivity index is 1.56. The lowest BCUT2D eigenvalue weighted by Gasteiger charge is -2.42. The van der Waals surface area contributed by atoms with Crippen molar-refractivity contribution in [3.05, 3.63) is 125 Å². The van der Waals surface area contributed by atoms with Crippen LogP contribution in [0.15, 0.2) is 103 Å². The Bertz CT molecular complexity index is 1490. The van der Waals surface area contributed by atoms with Crippen LogP contribution in [0, 0.1) is 0 Å². The summed E-state index contributed by atoms with van der Waals surface area (Å²) in [7, 11) is 2.95. The van der Waals surface area contributed by atoms with E-state index < -0.39 is 13.9 Å². The van der Waals surface area contributed by atoms with Crippen LogP contribution in [0.2, 0.25) is 11.1 Å². The highest BCUT2D eigenvalue weighted by molar-refractivity contribution is 6.88. The fourth-order valence-electron chi connectivity index (χ4n) is 7.27. The molecule has 0 amide bonds. The van der Waals surface area contributed by atoms with Gasteiger partial charge in [-0.15, -0.1) is 0 Å². The van der Waals surface area contributed by atoms with Crippen LogP contribution in [0.1, 0.15) is 56.4 Å². The number of aliphatic hydroxyl groups is 1. The fourth-order valence-corrected chi connectivity index (χ4v) is 12.1. The molecule has 5 rings (SSSR count). The van der Waals surface area contributed by atoms with E-state index in [0.717, 1.165) is 40.2 Å². The van der Waals surface area contributed by atoms with Crippen molar-refractivity contribution in [1.82, 2.24) is 0 Å². The first-order chi connectivity index (χ1) is 22.7. The minimum atomic E-state index is -2.53. The number of rotatable bonds is 14. The molecule has 1 fully saturated rings. The third-order valence-corrected chi connectivity index (χ3v) is 15.0. The molecule has 1 aliphatic heterocycles. The molecule has 248 valence electrons. The van der Waals surface area contributed by atoms with Crippen molar-refractivity contribution in [3.63, 3.8) is 0 Å². The van der Waals surface area contributed by atoms with Crippen molar-refractivity contribution in [2.45, 2.75) is 75.6 Å². The number of aliphatic hydroxyl groups excluding tert-OH is 1. The molecular formula is C39H49BO6Si. The van der Waals surface area contributed by atoms with E-state index >= 15 is 0 Å². The number of benzene rings is 4. The lowest BCUT2D eigenvalue weighted by molar-refractivity contribution is -0.0714. The average molecular weight is 653 g/mol. The van der Waals surface area contributed by atoms with Crippen LogP contribution in [-0.2, 0) is 26.1 Å². The molecule has 47 heavy (non-hydrogen) atoms. The summed E-state index contributed by atoms with van der Waals surface area (Å²) in [4.78, 5) is 0. The van der Waals surface area contributed by atoms with E-state index in [4.69, 9.17) is 23.4 Å². The summed E-state index contributed by atoms with van der Waals surface area (Å²) < 4.78 is 32.4. The highest BCUT2D eigenvalue weighted by Gasteiger charge is 2.49. The van der Waals surface area contributed by atoms with E-state index in [9.17, 15) is 5.11 Å². The first kappa shape index (κ1) is 34.9. The third-order valence-electron chi connectivity index (χ3n) is 9.67. The summed E-state index contributed by atoms with van der Waals surface area (Å²) >= 11 is 0. The van der Waals surface area contributed by atoms with E-state index in [-0.39, 0.29) is 24.8 Å². The van der Waals surface area contributed by atoms with Gasteiger partial charge in [0.15, 0.2) is 0 Å². The highest BCUT2D eigenvalue weighted by Crippen LogP contribution is 2.43. The van der Waals surface area contributed by atoms with Gasteiger partial charge in [0.05, 0.1) is 33.5 Å². The second kappa shape index (κ2) is 15.2. The van der Waals surface area contributed by atoms with Crippen molar-refractivity contribution in [1.29, 1.82) is 0 Å². The summed E-state index contributed by atoms with van der Waals surface area (Å²) in [5.41, 5.74) is 3.58. The summed E-state index contributed by atoms with van der Waals surface area (Å²) in [6.07, 6.45) is 0.380. The minimum Gasteiger partial charge on any atom is -0.497 e. The minimum absolute atomic E-state index is 0.0258. The van der Waals surface area contributed by atoms with Crippen LogP contribution in [0.25, 0.3) is 0 Å². The summed E-state index contributed by atoms with van der Waals surface area (Å²) in [6.45, 7) is 9.48. The SMILES string of the molecule is B[C@H]1CC(O[Si](c2ccc(CO)cc2)(C(C)C)C(C)C)[C@@H](COC(c2ccccc2)(c2ccc(OC)cc2)c2ccc(OC)cc2)O1. The molecule has 1 saturated heterocycles. The monoisotopic (exact) mass is 652 g/mol. The maximum absolute atomic E-state index is 9.70. The maximum Gasteiger partial charge on any atom is 0.229 e. The van der Waals surface area contributed by atoms with E-state index in [1.54, 1.807) is 14.2 Å². The van der Waals surface area contributed by atoms with Crippen molar-refractivity contribution in [2.24, 2.45) is 0 Å². The highest BCUT2D eigenvalue weighted by atomic mass is 28.4. The largest absolute Gasteiger partial charge is 0.497 e. The fraction of sp³-hybridized carbons (Fsp3) is 0.385. The van der Waals surface area contributed by atoms with Gasteiger partial charge in [-0.2, -0.15) is 0 Å². The number of hydrogen-bond acceptors (Lipinski definition) is 6. The average Bonchev–Trinajstić information content (AvgIpc) is 3.46. The van der Waals surface area contributed by atoms with Crippen LogP contribution in [-0.4, -0.2) is 60.3 Å². The van der Waals surface area contributed by atoms with Crippen LogP contribution < -0.4 is 14.7 Å². The molecule has 1 aliphatic rings. The van der Waals surface area contributed by atoms with E-state index in [0.29, 0.717) is 17.7 Å². The number of methoxy groups -OCH3 is 2. The Morgan fingerprint density at radius 3 is 1.74 bits per heavy atom. The predicted molar refractivity (Wildman–Crippen MR) is 193 cm³/mol. The van der Waals surface area contributed by atoms with Crippen LogP contribution in [0.3, 0.4) is 0 Å². The molecule has 4 aromatic carbocycles. The second-order valence-electron chi connectivity index (χ2n) is 13.1. The van der Waals surface area contributed by atoms with E-state index in [1.807, 2.05) is 54.6 Å². The molecule has 0 saturated carbocycles. The Hall–Kier alpha value is -3.40. The van der Waals surface area contributed by atoms with Crippen molar-refractivity contribution in [2.75, 3.05) is 20.8 Å². The molecule has 0 aliphatic carbocycles. The smallest absolute Gasteiger partial charge is 0.229 e. The normalized spacial score (nSPS) is 18.5. The Morgan fingerprint density at radius 1 is 0.766 bits per heavy atom. The first-order valence-electron chi connectivity index (χ1n) is 16.7. The molecule has 8 heteroatoms. The van der Waals surface area contributed by atoms with E-state index in [1.165, 1.54) is 5.19 Å². The second-order valence-corrected chi connectivity index (χ2v) is 17.9. The number of hydrogen-bond donors (Lipinski definition) is 1. The third kappa shape index (κ3) is 7.08. The molecular weight excluding hydrogens is 603 g/mol. The molecule has 1 unspecified atom stereocenters. The van der Waals surface area contributed by atoms with Gasteiger partial charge >= 0.3 is 0 Å². The summed E-state index contributed by atoms with van der Waals surface area (Å²) in [5, 5.41) is 10.9. The Morgan fingerprint density at radius 2 is 1.28 bits per heavy atom. The van der Waals surface area contributed by atoms with Crippen molar-refractivity contribution in [3.8, 4) is 11.5 Å². The molecule has 1 heterocycles. The van der Waals surface area contributed by atoms with Crippen LogP contribution in [0.4, 0.5) is 0 Å². The molecule has 3 atom stereocenters. The molecule has 0 radical (unpaired) electrons.